The summed E-state index contributed by atoms with van der Waals surface area (Å²) in [4.78, 5) is 14.6. The van der Waals surface area contributed by atoms with Gasteiger partial charge < -0.3 is 19.1 Å². The summed E-state index contributed by atoms with van der Waals surface area (Å²) in [6.45, 7) is 8.87. The average molecular weight is 355 g/mol. The zero-order valence-electron chi connectivity index (χ0n) is 15.7. The van der Waals surface area contributed by atoms with Gasteiger partial charge in [-0.15, -0.1) is 0 Å². The SMILES string of the molecule is CCOc1ccccc1OCCN1C(=O)C(C)(C)Oc2ccc(C)cc21. The normalized spacial score (nSPS) is 15.2. The van der Waals surface area contributed by atoms with Crippen LogP contribution in [0, 0.1) is 6.92 Å². The number of nitrogens with zero attached hydrogens (tertiary/aromatic N) is 1. The maximum Gasteiger partial charge on any atom is 0.270 e. The van der Waals surface area contributed by atoms with Crippen LogP contribution in [-0.4, -0.2) is 31.3 Å². The van der Waals surface area contributed by atoms with Gasteiger partial charge in [0, 0.05) is 0 Å². The van der Waals surface area contributed by atoms with Gasteiger partial charge in [-0.1, -0.05) is 18.2 Å². The van der Waals surface area contributed by atoms with E-state index >= 15 is 0 Å². The third-order valence-electron chi connectivity index (χ3n) is 4.25. The van der Waals surface area contributed by atoms with Crippen molar-refractivity contribution in [3.63, 3.8) is 0 Å². The number of hydrogen-bond donors (Lipinski definition) is 0. The topological polar surface area (TPSA) is 48.0 Å². The highest BCUT2D eigenvalue weighted by Gasteiger charge is 2.40. The molecular formula is C21H25NO4. The fourth-order valence-corrected chi connectivity index (χ4v) is 2.99. The van der Waals surface area contributed by atoms with Gasteiger partial charge in [-0.25, -0.2) is 0 Å². The maximum atomic E-state index is 12.9. The zero-order chi connectivity index (χ0) is 18.7. The molecule has 1 aliphatic rings. The van der Waals surface area contributed by atoms with E-state index in [1.165, 1.54) is 0 Å². The minimum atomic E-state index is -0.897. The number of anilines is 1. The van der Waals surface area contributed by atoms with Crippen LogP contribution in [0.3, 0.4) is 0 Å². The molecule has 1 aliphatic heterocycles. The molecule has 1 heterocycles. The van der Waals surface area contributed by atoms with E-state index < -0.39 is 5.60 Å². The standard InChI is InChI=1S/C21H25NO4/c1-5-24-18-8-6-7-9-19(18)25-13-12-22-16-14-15(2)10-11-17(16)26-21(3,4)20(22)23/h6-11,14H,5,12-13H2,1-4H3. The van der Waals surface area contributed by atoms with Crippen molar-refractivity contribution in [3.05, 3.63) is 48.0 Å². The Bertz CT molecular complexity index is 800. The van der Waals surface area contributed by atoms with E-state index in [0.717, 1.165) is 17.0 Å². The fourth-order valence-electron chi connectivity index (χ4n) is 2.99. The summed E-state index contributed by atoms with van der Waals surface area (Å²) in [6.07, 6.45) is 0. The second kappa shape index (κ2) is 7.28. The molecule has 138 valence electrons. The number of fused-ring (bicyclic) bond motifs is 1. The Hall–Kier alpha value is -2.69. The summed E-state index contributed by atoms with van der Waals surface area (Å²) in [7, 11) is 0. The monoisotopic (exact) mass is 355 g/mol. The van der Waals surface area contributed by atoms with E-state index in [1.54, 1.807) is 18.7 Å². The molecule has 1 amide bonds. The van der Waals surface area contributed by atoms with Gasteiger partial charge in [-0.3, -0.25) is 4.79 Å². The van der Waals surface area contributed by atoms with Gasteiger partial charge in [-0.2, -0.15) is 0 Å². The van der Waals surface area contributed by atoms with Crippen LogP contribution < -0.4 is 19.1 Å². The lowest BCUT2D eigenvalue weighted by atomic mass is 10.0. The van der Waals surface area contributed by atoms with Crippen LogP contribution in [-0.2, 0) is 4.79 Å². The molecule has 0 atom stereocenters. The number of rotatable bonds is 6. The summed E-state index contributed by atoms with van der Waals surface area (Å²) in [5.74, 6) is 2.03. The molecule has 0 bridgehead atoms. The number of ether oxygens (including phenoxy) is 3. The second-order valence-corrected chi connectivity index (χ2v) is 6.77. The van der Waals surface area contributed by atoms with Crippen LogP contribution in [0.25, 0.3) is 0 Å². The summed E-state index contributed by atoms with van der Waals surface area (Å²) in [6, 6.07) is 13.4. The van der Waals surface area contributed by atoms with Gasteiger partial charge in [0.25, 0.3) is 5.91 Å². The van der Waals surface area contributed by atoms with Gasteiger partial charge >= 0.3 is 0 Å². The lowest BCUT2D eigenvalue weighted by Crippen LogP contribution is -2.53. The van der Waals surface area contributed by atoms with E-state index in [4.69, 9.17) is 14.2 Å². The van der Waals surface area contributed by atoms with E-state index in [9.17, 15) is 4.79 Å². The summed E-state index contributed by atoms with van der Waals surface area (Å²) < 4.78 is 17.4. The van der Waals surface area contributed by atoms with Gasteiger partial charge in [-0.05, 0) is 57.5 Å². The highest BCUT2D eigenvalue weighted by atomic mass is 16.5. The first kappa shape index (κ1) is 18.1. The quantitative estimate of drug-likeness (QED) is 0.786. The van der Waals surface area contributed by atoms with Crippen molar-refractivity contribution >= 4 is 11.6 Å². The van der Waals surface area contributed by atoms with Crippen molar-refractivity contribution in [2.75, 3.05) is 24.7 Å². The van der Waals surface area contributed by atoms with Gasteiger partial charge in [0.1, 0.15) is 12.4 Å². The van der Waals surface area contributed by atoms with Crippen molar-refractivity contribution in [1.29, 1.82) is 0 Å². The van der Waals surface area contributed by atoms with Crippen molar-refractivity contribution in [2.24, 2.45) is 0 Å². The smallest absolute Gasteiger partial charge is 0.270 e. The molecule has 0 spiro atoms. The molecule has 0 saturated carbocycles. The van der Waals surface area contributed by atoms with Crippen molar-refractivity contribution < 1.29 is 19.0 Å². The predicted molar refractivity (Wildman–Crippen MR) is 101 cm³/mol. The number of para-hydroxylation sites is 2. The van der Waals surface area contributed by atoms with Gasteiger partial charge in [0.15, 0.2) is 17.1 Å². The number of amides is 1. The van der Waals surface area contributed by atoms with Crippen LogP contribution in [0.1, 0.15) is 26.3 Å². The molecule has 0 unspecified atom stereocenters. The molecule has 0 N–H and O–H groups in total. The third-order valence-corrected chi connectivity index (χ3v) is 4.25. The lowest BCUT2D eigenvalue weighted by molar-refractivity contribution is -0.132. The molecule has 0 aromatic heterocycles. The second-order valence-electron chi connectivity index (χ2n) is 6.77. The zero-order valence-corrected chi connectivity index (χ0v) is 15.7. The molecule has 5 heteroatoms. The highest BCUT2D eigenvalue weighted by molar-refractivity contribution is 6.02. The largest absolute Gasteiger partial charge is 0.490 e. The first-order chi connectivity index (χ1) is 12.4. The molecule has 26 heavy (non-hydrogen) atoms. The van der Waals surface area contributed by atoms with E-state index in [1.807, 2.05) is 56.3 Å². The third kappa shape index (κ3) is 3.62. The molecule has 2 aromatic carbocycles. The minimum Gasteiger partial charge on any atom is -0.490 e. The Morgan fingerprint density at radius 3 is 2.46 bits per heavy atom. The maximum absolute atomic E-state index is 12.9. The minimum absolute atomic E-state index is 0.0720. The molecular weight excluding hydrogens is 330 g/mol. The number of carbonyl (C=O) groups is 1. The fraction of sp³-hybridized carbons (Fsp3) is 0.381. The molecule has 3 rings (SSSR count). The average Bonchev–Trinajstić information content (AvgIpc) is 2.60. The lowest BCUT2D eigenvalue weighted by Gasteiger charge is -2.38. The molecule has 5 nitrogen and oxygen atoms in total. The first-order valence-corrected chi connectivity index (χ1v) is 8.88. The van der Waals surface area contributed by atoms with E-state index in [-0.39, 0.29) is 5.91 Å². The number of aryl methyl sites for hydroxylation is 1. The molecule has 0 saturated heterocycles. The van der Waals surface area contributed by atoms with Crippen LogP contribution in [0.5, 0.6) is 17.2 Å². The number of carbonyl (C=O) groups excluding carboxylic acids is 1. The predicted octanol–water partition coefficient (Wildman–Crippen LogP) is 3.98. The molecule has 0 radical (unpaired) electrons. The Morgan fingerprint density at radius 2 is 1.77 bits per heavy atom. The molecule has 0 aliphatic carbocycles. The van der Waals surface area contributed by atoms with Crippen LogP contribution in [0.15, 0.2) is 42.5 Å². The van der Waals surface area contributed by atoms with E-state index in [0.29, 0.717) is 31.3 Å². The van der Waals surface area contributed by atoms with Gasteiger partial charge in [0.2, 0.25) is 0 Å². The Labute approximate surface area is 154 Å². The molecule has 0 fully saturated rings. The van der Waals surface area contributed by atoms with Crippen molar-refractivity contribution in [1.82, 2.24) is 0 Å². The van der Waals surface area contributed by atoms with Crippen LogP contribution in [0.2, 0.25) is 0 Å². The molecule has 2 aromatic rings. The Balaban J connectivity index is 1.77. The van der Waals surface area contributed by atoms with Crippen LogP contribution in [0.4, 0.5) is 5.69 Å². The number of hydrogen-bond acceptors (Lipinski definition) is 4. The van der Waals surface area contributed by atoms with Crippen LogP contribution >= 0.6 is 0 Å². The van der Waals surface area contributed by atoms with Crippen molar-refractivity contribution in [3.8, 4) is 17.2 Å². The Morgan fingerprint density at radius 1 is 1.08 bits per heavy atom. The highest BCUT2D eigenvalue weighted by Crippen LogP contribution is 2.38. The summed E-state index contributed by atoms with van der Waals surface area (Å²) in [5.41, 5.74) is 0.967. The summed E-state index contributed by atoms with van der Waals surface area (Å²) >= 11 is 0. The first-order valence-electron chi connectivity index (χ1n) is 8.88. The Kier molecular flexibility index (Phi) is 5.07. The number of benzene rings is 2. The van der Waals surface area contributed by atoms with E-state index in [2.05, 4.69) is 0 Å². The van der Waals surface area contributed by atoms with Gasteiger partial charge in [0.05, 0.1) is 18.8 Å². The summed E-state index contributed by atoms with van der Waals surface area (Å²) in [5, 5.41) is 0. The van der Waals surface area contributed by atoms with Crippen molar-refractivity contribution in [2.45, 2.75) is 33.3 Å².